The molecule has 0 amide bonds. The monoisotopic (exact) mass is 276 g/mol. The molecule has 0 aromatic carbocycles. The van der Waals surface area contributed by atoms with Gasteiger partial charge in [0.2, 0.25) is 0 Å². The summed E-state index contributed by atoms with van der Waals surface area (Å²) in [6.45, 7) is 0. The van der Waals surface area contributed by atoms with Crippen LogP contribution in [0.1, 0.15) is 44.3 Å². The van der Waals surface area contributed by atoms with Gasteiger partial charge in [0.1, 0.15) is 5.82 Å². The lowest BCUT2D eigenvalue weighted by Crippen LogP contribution is -2.37. The predicted molar refractivity (Wildman–Crippen MR) is 71.1 cm³/mol. The van der Waals surface area contributed by atoms with Gasteiger partial charge in [0.25, 0.3) is 5.89 Å². The zero-order valence-electron chi connectivity index (χ0n) is 11.2. The van der Waals surface area contributed by atoms with E-state index in [4.69, 9.17) is 10.3 Å². The topological polar surface area (TPSA) is 77.8 Å². The molecule has 2 heterocycles. The van der Waals surface area contributed by atoms with Gasteiger partial charge < -0.3 is 10.3 Å². The van der Waals surface area contributed by atoms with E-state index in [1.807, 2.05) is 0 Å². The number of halogens is 1. The second-order valence-electron chi connectivity index (χ2n) is 5.39. The Balaban J connectivity index is 1.89. The quantitative estimate of drug-likeness (QED) is 0.853. The van der Waals surface area contributed by atoms with Crippen molar-refractivity contribution in [3.63, 3.8) is 0 Å². The standard InChI is InChI=1S/C14H17FN4O/c15-11-7-10(8-17-9-11)12-18-13(19-20-12)14(16)5-3-1-2-4-6-14/h7-9H,1-6,16H2. The first-order valence-electron chi connectivity index (χ1n) is 6.91. The van der Waals surface area contributed by atoms with Crippen molar-refractivity contribution in [2.45, 2.75) is 44.1 Å². The van der Waals surface area contributed by atoms with E-state index in [2.05, 4.69) is 15.1 Å². The highest BCUT2D eigenvalue weighted by Gasteiger charge is 2.33. The molecular formula is C14H17FN4O. The molecule has 20 heavy (non-hydrogen) atoms. The summed E-state index contributed by atoms with van der Waals surface area (Å²) in [6.07, 6.45) is 8.87. The van der Waals surface area contributed by atoms with Gasteiger partial charge in [0.15, 0.2) is 5.82 Å². The molecule has 1 aliphatic rings. The second kappa shape index (κ2) is 5.28. The van der Waals surface area contributed by atoms with E-state index >= 15 is 0 Å². The van der Waals surface area contributed by atoms with Crippen molar-refractivity contribution >= 4 is 0 Å². The van der Waals surface area contributed by atoms with Crippen molar-refractivity contribution in [1.29, 1.82) is 0 Å². The van der Waals surface area contributed by atoms with Crippen LogP contribution in [0.2, 0.25) is 0 Å². The number of aromatic nitrogens is 3. The van der Waals surface area contributed by atoms with E-state index in [0.717, 1.165) is 31.9 Å². The number of nitrogens with two attached hydrogens (primary N) is 1. The molecule has 0 atom stereocenters. The summed E-state index contributed by atoms with van der Waals surface area (Å²) in [5, 5.41) is 4.00. The Hall–Kier alpha value is -1.82. The average molecular weight is 276 g/mol. The number of hydrogen-bond acceptors (Lipinski definition) is 5. The molecule has 0 unspecified atom stereocenters. The molecule has 6 heteroatoms. The lowest BCUT2D eigenvalue weighted by atomic mass is 9.91. The lowest BCUT2D eigenvalue weighted by molar-refractivity contribution is 0.334. The van der Waals surface area contributed by atoms with Crippen LogP contribution in [0.5, 0.6) is 0 Å². The van der Waals surface area contributed by atoms with Crippen LogP contribution in [-0.2, 0) is 5.54 Å². The molecule has 2 aromatic heterocycles. The third-order valence-corrected chi connectivity index (χ3v) is 3.82. The normalized spacial score (nSPS) is 18.7. The molecule has 2 N–H and O–H groups in total. The first-order chi connectivity index (χ1) is 9.67. The van der Waals surface area contributed by atoms with Crippen LogP contribution in [0.15, 0.2) is 23.0 Å². The average Bonchev–Trinajstić information content (AvgIpc) is 2.84. The van der Waals surface area contributed by atoms with Gasteiger partial charge in [-0.15, -0.1) is 0 Å². The second-order valence-corrected chi connectivity index (χ2v) is 5.39. The first-order valence-corrected chi connectivity index (χ1v) is 6.91. The minimum absolute atomic E-state index is 0.265. The van der Waals surface area contributed by atoms with E-state index in [1.54, 1.807) is 0 Å². The number of nitrogens with zero attached hydrogens (tertiary/aromatic N) is 3. The molecular weight excluding hydrogens is 259 g/mol. The van der Waals surface area contributed by atoms with Crippen LogP contribution < -0.4 is 5.73 Å². The van der Waals surface area contributed by atoms with Gasteiger partial charge in [-0.25, -0.2) is 4.39 Å². The summed E-state index contributed by atoms with van der Waals surface area (Å²) in [6, 6.07) is 1.32. The molecule has 2 aromatic rings. The molecule has 1 aliphatic carbocycles. The molecule has 106 valence electrons. The molecule has 0 aliphatic heterocycles. The predicted octanol–water partition coefficient (Wildman–Crippen LogP) is 2.78. The van der Waals surface area contributed by atoms with Crippen LogP contribution in [0.25, 0.3) is 11.5 Å². The van der Waals surface area contributed by atoms with Gasteiger partial charge in [-0.1, -0.05) is 30.8 Å². The third kappa shape index (κ3) is 2.56. The van der Waals surface area contributed by atoms with E-state index in [-0.39, 0.29) is 5.89 Å². The summed E-state index contributed by atoms with van der Waals surface area (Å²) < 4.78 is 18.4. The minimum atomic E-state index is -0.529. The summed E-state index contributed by atoms with van der Waals surface area (Å²) in [5.74, 6) is 0.346. The molecule has 0 radical (unpaired) electrons. The Morgan fingerprint density at radius 2 is 1.90 bits per heavy atom. The molecule has 0 spiro atoms. The van der Waals surface area contributed by atoms with Crippen molar-refractivity contribution in [2.24, 2.45) is 5.73 Å². The SMILES string of the molecule is NC1(c2noc(-c3cncc(F)c3)n2)CCCCCC1. The molecule has 0 bridgehead atoms. The van der Waals surface area contributed by atoms with Gasteiger partial charge in [-0.3, -0.25) is 4.98 Å². The van der Waals surface area contributed by atoms with Crippen molar-refractivity contribution in [1.82, 2.24) is 15.1 Å². The van der Waals surface area contributed by atoms with Crippen LogP contribution in [0.3, 0.4) is 0 Å². The molecule has 1 fully saturated rings. The van der Waals surface area contributed by atoms with E-state index in [1.165, 1.54) is 25.1 Å². The van der Waals surface area contributed by atoms with E-state index in [0.29, 0.717) is 11.4 Å². The maximum atomic E-state index is 13.2. The lowest BCUT2D eigenvalue weighted by Gasteiger charge is -2.23. The van der Waals surface area contributed by atoms with Crippen LogP contribution in [0, 0.1) is 5.82 Å². The molecule has 0 saturated heterocycles. The fourth-order valence-corrected chi connectivity index (χ4v) is 2.65. The first kappa shape index (κ1) is 13.2. The fraction of sp³-hybridized carbons (Fsp3) is 0.500. The maximum Gasteiger partial charge on any atom is 0.259 e. The van der Waals surface area contributed by atoms with Gasteiger partial charge in [-0.2, -0.15) is 4.98 Å². The van der Waals surface area contributed by atoms with Crippen LogP contribution >= 0.6 is 0 Å². The highest BCUT2D eigenvalue weighted by atomic mass is 19.1. The maximum absolute atomic E-state index is 13.2. The van der Waals surface area contributed by atoms with Crippen LogP contribution in [-0.4, -0.2) is 15.1 Å². The van der Waals surface area contributed by atoms with Crippen molar-refractivity contribution in [3.05, 3.63) is 30.1 Å². The smallest absolute Gasteiger partial charge is 0.259 e. The molecule has 1 saturated carbocycles. The number of pyridine rings is 1. The Morgan fingerprint density at radius 3 is 2.60 bits per heavy atom. The van der Waals surface area contributed by atoms with E-state index < -0.39 is 11.4 Å². The third-order valence-electron chi connectivity index (χ3n) is 3.82. The van der Waals surface area contributed by atoms with E-state index in [9.17, 15) is 4.39 Å². The Labute approximate surface area is 116 Å². The molecule has 5 nitrogen and oxygen atoms in total. The van der Waals surface area contributed by atoms with Gasteiger partial charge in [0, 0.05) is 6.20 Å². The Morgan fingerprint density at radius 1 is 1.15 bits per heavy atom. The summed E-state index contributed by atoms with van der Waals surface area (Å²) in [7, 11) is 0. The zero-order valence-corrected chi connectivity index (χ0v) is 11.2. The minimum Gasteiger partial charge on any atom is -0.334 e. The summed E-state index contributed by atoms with van der Waals surface area (Å²) in [4.78, 5) is 8.13. The molecule has 3 rings (SSSR count). The van der Waals surface area contributed by atoms with Crippen molar-refractivity contribution in [2.75, 3.05) is 0 Å². The zero-order chi connectivity index (χ0) is 14.0. The highest BCUT2D eigenvalue weighted by molar-refractivity contribution is 5.50. The highest BCUT2D eigenvalue weighted by Crippen LogP contribution is 2.33. The van der Waals surface area contributed by atoms with Crippen LogP contribution in [0.4, 0.5) is 4.39 Å². The number of hydrogen-bond donors (Lipinski definition) is 1. The van der Waals surface area contributed by atoms with Gasteiger partial charge in [0.05, 0.1) is 17.3 Å². The number of rotatable bonds is 2. The summed E-state index contributed by atoms with van der Waals surface area (Å²) >= 11 is 0. The Bertz CT molecular complexity index is 590. The van der Waals surface area contributed by atoms with Crippen molar-refractivity contribution in [3.8, 4) is 11.5 Å². The largest absolute Gasteiger partial charge is 0.334 e. The van der Waals surface area contributed by atoms with Crippen molar-refractivity contribution < 1.29 is 8.91 Å². The summed E-state index contributed by atoms with van der Waals surface area (Å²) in [5.41, 5.74) is 6.37. The Kier molecular flexibility index (Phi) is 3.48. The van der Waals surface area contributed by atoms with Gasteiger partial charge >= 0.3 is 0 Å². The fourth-order valence-electron chi connectivity index (χ4n) is 2.65. The van der Waals surface area contributed by atoms with Gasteiger partial charge in [-0.05, 0) is 18.9 Å².